The van der Waals surface area contributed by atoms with Crippen LogP contribution in [0, 0.1) is 0 Å². The van der Waals surface area contributed by atoms with Crippen molar-refractivity contribution in [3.63, 3.8) is 0 Å². The quantitative estimate of drug-likeness (QED) is 0.330. The van der Waals surface area contributed by atoms with E-state index in [0.29, 0.717) is 0 Å². The SMILES string of the molecule is Clc1ccc(Cc2nnc(CCc3c[nH]c4ccccc34)n2CCCc2cnc[nH]2)cc1. The van der Waals surface area contributed by atoms with Gasteiger partial charge >= 0.3 is 0 Å². The van der Waals surface area contributed by atoms with Gasteiger partial charge < -0.3 is 14.5 Å². The maximum absolute atomic E-state index is 6.06. The highest BCUT2D eigenvalue weighted by Gasteiger charge is 2.14. The van der Waals surface area contributed by atoms with Crippen LogP contribution >= 0.6 is 11.6 Å². The van der Waals surface area contributed by atoms with Crippen LogP contribution in [-0.2, 0) is 32.2 Å². The summed E-state index contributed by atoms with van der Waals surface area (Å²) in [7, 11) is 0. The Bertz CT molecular complexity index is 1280. The fraction of sp³-hybridized carbons (Fsp3) is 0.240. The number of hydrogen-bond acceptors (Lipinski definition) is 3. The molecule has 162 valence electrons. The summed E-state index contributed by atoms with van der Waals surface area (Å²) >= 11 is 6.06. The van der Waals surface area contributed by atoms with E-state index in [1.54, 1.807) is 6.33 Å². The Labute approximate surface area is 191 Å². The molecule has 0 aliphatic heterocycles. The van der Waals surface area contributed by atoms with Gasteiger partial charge in [-0.3, -0.25) is 0 Å². The second kappa shape index (κ2) is 9.40. The molecule has 32 heavy (non-hydrogen) atoms. The van der Waals surface area contributed by atoms with Crippen LogP contribution in [0.5, 0.6) is 0 Å². The van der Waals surface area contributed by atoms with Crippen molar-refractivity contribution in [1.29, 1.82) is 0 Å². The van der Waals surface area contributed by atoms with E-state index in [9.17, 15) is 0 Å². The van der Waals surface area contributed by atoms with Crippen LogP contribution < -0.4 is 0 Å². The lowest BCUT2D eigenvalue weighted by atomic mass is 10.1. The summed E-state index contributed by atoms with van der Waals surface area (Å²) in [5.74, 6) is 2.02. The average molecular weight is 445 g/mol. The van der Waals surface area contributed by atoms with Gasteiger partial charge in [0.2, 0.25) is 0 Å². The van der Waals surface area contributed by atoms with Gasteiger partial charge in [0, 0.05) is 53.4 Å². The van der Waals surface area contributed by atoms with Crippen LogP contribution in [0.1, 0.15) is 34.9 Å². The highest BCUT2D eigenvalue weighted by molar-refractivity contribution is 6.30. The van der Waals surface area contributed by atoms with Crippen LogP contribution in [0.15, 0.2) is 67.3 Å². The lowest BCUT2D eigenvalue weighted by Crippen LogP contribution is -2.10. The predicted octanol–water partition coefficient (Wildman–Crippen LogP) is 5.14. The number of fused-ring (bicyclic) bond motifs is 1. The maximum Gasteiger partial charge on any atom is 0.137 e. The first-order valence-corrected chi connectivity index (χ1v) is 11.3. The van der Waals surface area contributed by atoms with Crippen LogP contribution in [0.2, 0.25) is 5.02 Å². The summed E-state index contributed by atoms with van der Waals surface area (Å²) in [5, 5.41) is 11.2. The molecule has 0 radical (unpaired) electrons. The van der Waals surface area contributed by atoms with Crippen molar-refractivity contribution in [3.05, 3.63) is 101 Å². The third-order valence-corrected chi connectivity index (χ3v) is 6.11. The number of hydrogen-bond donors (Lipinski definition) is 2. The van der Waals surface area contributed by atoms with E-state index in [-0.39, 0.29) is 0 Å². The molecule has 0 unspecified atom stereocenters. The van der Waals surface area contributed by atoms with Crippen LogP contribution in [0.3, 0.4) is 0 Å². The zero-order valence-electron chi connectivity index (χ0n) is 17.8. The minimum Gasteiger partial charge on any atom is -0.361 e. The molecule has 0 fully saturated rings. The molecule has 5 rings (SSSR count). The summed E-state index contributed by atoms with van der Waals surface area (Å²) in [6.45, 7) is 0.873. The third kappa shape index (κ3) is 4.60. The van der Waals surface area contributed by atoms with E-state index < -0.39 is 0 Å². The van der Waals surface area contributed by atoms with E-state index in [1.807, 2.05) is 18.3 Å². The monoisotopic (exact) mass is 444 g/mol. The number of aromatic nitrogens is 6. The Morgan fingerprint density at radius 1 is 0.875 bits per heavy atom. The number of aromatic amines is 2. The molecule has 3 aromatic heterocycles. The summed E-state index contributed by atoms with van der Waals surface area (Å²) in [4.78, 5) is 10.7. The summed E-state index contributed by atoms with van der Waals surface area (Å²) in [6.07, 6.45) is 10.2. The molecule has 0 saturated heterocycles. The van der Waals surface area contributed by atoms with Crippen molar-refractivity contribution in [1.82, 2.24) is 29.7 Å². The van der Waals surface area contributed by atoms with Gasteiger partial charge in [-0.15, -0.1) is 10.2 Å². The number of para-hydroxylation sites is 1. The van der Waals surface area contributed by atoms with Gasteiger partial charge in [-0.05, 0) is 48.6 Å². The Morgan fingerprint density at radius 3 is 2.56 bits per heavy atom. The third-order valence-electron chi connectivity index (χ3n) is 5.86. The minimum atomic E-state index is 0.737. The molecule has 0 aliphatic rings. The number of benzene rings is 2. The number of aryl methyl sites for hydroxylation is 3. The smallest absolute Gasteiger partial charge is 0.137 e. The molecule has 0 spiro atoms. The molecule has 6 nitrogen and oxygen atoms in total. The molecule has 0 bridgehead atoms. The Morgan fingerprint density at radius 2 is 1.72 bits per heavy atom. The van der Waals surface area contributed by atoms with Crippen molar-refractivity contribution in [2.24, 2.45) is 0 Å². The number of nitrogens with zero attached hydrogens (tertiary/aromatic N) is 4. The van der Waals surface area contributed by atoms with Crippen molar-refractivity contribution in [3.8, 4) is 0 Å². The molecule has 3 heterocycles. The van der Waals surface area contributed by atoms with E-state index in [1.165, 1.54) is 22.0 Å². The zero-order chi connectivity index (χ0) is 21.8. The number of halogens is 1. The first kappa shape index (κ1) is 20.5. The lowest BCUT2D eigenvalue weighted by molar-refractivity contribution is 0.585. The lowest BCUT2D eigenvalue weighted by Gasteiger charge is -2.11. The van der Waals surface area contributed by atoms with Crippen molar-refractivity contribution >= 4 is 22.5 Å². The largest absolute Gasteiger partial charge is 0.361 e. The minimum absolute atomic E-state index is 0.737. The zero-order valence-corrected chi connectivity index (χ0v) is 18.5. The Hall–Kier alpha value is -3.38. The number of nitrogens with one attached hydrogen (secondary N) is 2. The molecule has 0 saturated carbocycles. The molecule has 0 atom stereocenters. The van der Waals surface area contributed by atoms with E-state index in [0.717, 1.165) is 61.0 Å². The standard InChI is InChI=1S/C25H25ClN6/c26-20-10-7-18(8-11-20)14-25-31-30-24(32(25)13-3-4-21-16-27-17-29-21)12-9-19-15-28-23-6-2-1-5-22(19)23/h1-2,5-8,10-11,15-17,28H,3-4,9,12-14H2,(H,27,29). The van der Waals surface area contributed by atoms with Crippen LogP contribution in [0.25, 0.3) is 10.9 Å². The van der Waals surface area contributed by atoms with E-state index >= 15 is 0 Å². The Kier molecular flexibility index (Phi) is 6.03. The van der Waals surface area contributed by atoms with E-state index in [2.05, 4.69) is 72.3 Å². The molecular weight excluding hydrogens is 420 g/mol. The van der Waals surface area contributed by atoms with Gasteiger partial charge in [0.25, 0.3) is 0 Å². The summed E-state index contributed by atoms with van der Waals surface area (Å²) < 4.78 is 2.29. The normalized spacial score (nSPS) is 11.4. The first-order chi connectivity index (χ1) is 15.8. The number of rotatable bonds is 9. The number of imidazole rings is 1. The first-order valence-electron chi connectivity index (χ1n) is 10.9. The molecule has 0 amide bonds. The van der Waals surface area contributed by atoms with Gasteiger partial charge in [-0.1, -0.05) is 41.9 Å². The second-order valence-corrected chi connectivity index (χ2v) is 8.46. The number of H-pyrrole nitrogens is 2. The average Bonchev–Trinajstić information content (AvgIpc) is 3.55. The van der Waals surface area contributed by atoms with E-state index in [4.69, 9.17) is 11.6 Å². The van der Waals surface area contributed by atoms with Gasteiger partial charge in [-0.2, -0.15) is 0 Å². The molecule has 0 aliphatic carbocycles. The van der Waals surface area contributed by atoms with Crippen molar-refractivity contribution < 1.29 is 0 Å². The van der Waals surface area contributed by atoms with Gasteiger partial charge in [-0.25, -0.2) is 4.98 Å². The van der Waals surface area contributed by atoms with Gasteiger partial charge in [0.15, 0.2) is 0 Å². The summed E-state index contributed by atoms with van der Waals surface area (Å²) in [6, 6.07) is 16.4. The van der Waals surface area contributed by atoms with Gasteiger partial charge in [0.1, 0.15) is 11.6 Å². The highest BCUT2D eigenvalue weighted by Crippen LogP contribution is 2.20. The topological polar surface area (TPSA) is 75.2 Å². The molecular formula is C25H25ClN6. The second-order valence-electron chi connectivity index (χ2n) is 8.03. The Balaban J connectivity index is 1.35. The fourth-order valence-electron chi connectivity index (χ4n) is 4.17. The molecule has 2 aromatic carbocycles. The highest BCUT2D eigenvalue weighted by atomic mass is 35.5. The summed E-state index contributed by atoms with van der Waals surface area (Å²) in [5.41, 5.74) is 4.82. The fourth-order valence-corrected chi connectivity index (χ4v) is 4.29. The molecule has 5 aromatic rings. The maximum atomic E-state index is 6.06. The molecule has 7 heteroatoms. The van der Waals surface area contributed by atoms with Gasteiger partial charge in [0.05, 0.1) is 6.33 Å². The molecule has 2 N–H and O–H groups in total. The van der Waals surface area contributed by atoms with Crippen LogP contribution in [0.4, 0.5) is 0 Å². The predicted molar refractivity (Wildman–Crippen MR) is 127 cm³/mol. The van der Waals surface area contributed by atoms with Crippen LogP contribution in [-0.4, -0.2) is 29.7 Å². The van der Waals surface area contributed by atoms with Crippen molar-refractivity contribution in [2.75, 3.05) is 0 Å². The van der Waals surface area contributed by atoms with Crippen molar-refractivity contribution in [2.45, 2.75) is 38.6 Å².